The van der Waals surface area contributed by atoms with Gasteiger partial charge < -0.3 is 15.7 Å². The highest BCUT2D eigenvalue weighted by Gasteiger charge is 2.28. The second kappa shape index (κ2) is 5.01. The molecule has 1 fully saturated rings. The summed E-state index contributed by atoms with van der Waals surface area (Å²) in [5, 5.41) is 13.2. The Balaban J connectivity index is 2.27. The van der Waals surface area contributed by atoms with Crippen LogP contribution in [0, 0.1) is 0 Å². The van der Waals surface area contributed by atoms with E-state index in [2.05, 4.69) is 10.6 Å². The van der Waals surface area contributed by atoms with Crippen LogP contribution in [0.1, 0.15) is 12.8 Å². The van der Waals surface area contributed by atoms with Crippen LogP contribution < -0.4 is 10.6 Å². The van der Waals surface area contributed by atoms with Crippen molar-refractivity contribution in [3.63, 3.8) is 0 Å². The van der Waals surface area contributed by atoms with Crippen molar-refractivity contribution < 1.29 is 23.5 Å². The topological polar surface area (TPSA) is 78.4 Å². The van der Waals surface area contributed by atoms with E-state index in [-0.39, 0.29) is 12.3 Å². The van der Waals surface area contributed by atoms with Gasteiger partial charge in [-0.15, -0.1) is 0 Å². The lowest BCUT2D eigenvalue weighted by molar-refractivity contribution is -0.126. The van der Waals surface area contributed by atoms with Crippen molar-refractivity contribution in [3.05, 3.63) is 0 Å². The van der Waals surface area contributed by atoms with Crippen LogP contribution in [0.15, 0.2) is 0 Å². The lowest BCUT2D eigenvalue weighted by Crippen LogP contribution is -2.45. The largest absolute Gasteiger partial charge is 0.385 e. The van der Waals surface area contributed by atoms with Gasteiger partial charge in [-0.05, 0) is 6.42 Å². The first-order chi connectivity index (χ1) is 7.00. The minimum Gasteiger partial charge on any atom is -0.385 e. The summed E-state index contributed by atoms with van der Waals surface area (Å²) < 4.78 is 23.7. The van der Waals surface area contributed by atoms with Crippen LogP contribution in [0.3, 0.4) is 0 Å². The molecule has 2 atom stereocenters. The average Bonchev–Trinajstić information content (AvgIpc) is 2.60. The van der Waals surface area contributed by atoms with E-state index in [0.29, 0.717) is 6.42 Å². The zero-order valence-corrected chi connectivity index (χ0v) is 7.87. The van der Waals surface area contributed by atoms with Crippen molar-refractivity contribution in [2.75, 3.05) is 6.54 Å². The van der Waals surface area contributed by atoms with Gasteiger partial charge in [0.2, 0.25) is 11.8 Å². The molecule has 0 saturated carbocycles. The van der Waals surface area contributed by atoms with Crippen LogP contribution in [0.4, 0.5) is 8.78 Å². The third-order valence-corrected chi connectivity index (χ3v) is 2.09. The number of carbonyl (C=O) groups excluding carboxylic acids is 2. The Hall–Kier alpha value is -1.24. The molecule has 1 aliphatic heterocycles. The molecule has 15 heavy (non-hydrogen) atoms. The number of rotatable bonds is 4. The zero-order valence-electron chi connectivity index (χ0n) is 7.87. The number of carbonyl (C=O) groups is 2. The molecule has 0 aromatic rings. The predicted octanol–water partition coefficient (Wildman–Crippen LogP) is -0.993. The van der Waals surface area contributed by atoms with Gasteiger partial charge in [-0.25, -0.2) is 8.78 Å². The third kappa shape index (κ3) is 3.43. The number of hydrogen-bond donors (Lipinski definition) is 3. The summed E-state index contributed by atoms with van der Waals surface area (Å²) in [5.74, 6) is -0.773. The van der Waals surface area contributed by atoms with Crippen molar-refractivity contribution in [2.24, 2.45) is 0 Å². The Morgan fingerprint density at radius 3 is 2.80 bits per heavy atom. The Morgan fingerprint density at radius 2 is 2.33 bits per heavy atom. The van der Waals surface area contributed by atoms with Crippen LogP contribution >= 0.6 is 0 Å². The predicted molar refractivity (Wildman–Crippen MR) is 46.2 cm³/mol. The number of halogens is 2. The van der Waals surface area contributed by atoms with Gasteiger partial charge in [0, 0.05) is 13.0 Å². The first kappa shape index (κ1) is 11.8. The van der Waals surface area contributed by atoms with E-state index in [9.17, 15) is 18.4 Å². The maximum absolute atomic E-state index is 11.8. The van der Waals surface area contributed by atoms with Crippen LogP contribution in [-0.4, -0.2) is 42.0 Å². The first-order valence-corrected chi connectivity index (χ1v) is 4.54. The summed E-state index contributed by atoms with van der Waals surface area (Å²) in [6.07, 6.45) is -4.14. The van der Waals surface area contributed by atoms with Gasteiger partial charge in [0.1, 0.15) is 12.1 Å². The molecular formula is C8H12F2N2O3. The van der Waals surface area contributed by atoms with Crippen molar-refractivity contribution in [1.82, 2.24) is 10.6 Å². The Bertz CT molecular complexity index is 260. The molecule has 3 N–H and O–H groups in total. The molecule has 1 saturated heterocycles. The lowest BCUT2D eigenvalue weighted by Gasteiger charge is -2.13. The highest BCUT2D eigenvalue weighted by atomic mass is 19.3. The molecule has 1 aliphatic rings. The normalized spacial score (nSPS) is 22.7. The number of aliphatic hydroxyl groups excluding tert-OH is 1. The summed E-state index contributed by atoms with van der Waals surface area (Å²) in [4.78, 5) is 22.0. The fourth-order valence-electron chi connectivity index (χ4n) is 1.23. The summed E-state index contributed by atoms with van der Waals surface area (Å²) in [6, 6.07) is -0.664. The molecule has 0 spiro atoms. The molecule has 1 heterocycles. The maximum Gasteiger partial charge on any atom is 0.265 e. The number of alkyl halides is 2. The van der Waals surface area contributed by atoms with Crippen molar-refractivity contribution in [3.8, 4) is 0 Å². The van der Waals surface area contributed by atoms with Crippen LogP contribution in [0.25, 0.3) is 0 Å². The van der Waals surface area contributed by atoms with Crippen LogP contribution in [-0.2, 0) is 9.59 Å². The van der Waals surface area contributed by atoms with E-state index in [4.69, 9.17) is 5.11 Å². The zero-order chi connectivity index (χ0) is 11.4. The second-order valence-corrected chi connectivity index (χ2v) is 3.31. The van der Waals surface area contributed by atoms with Crippen molar-refractivity contribution in [1.29, 1.82) is 0 Å². The molecule has 0 aromatic carbocycles. The van der Waals surface area contributed by atoms with E-state index in [1.165, 1.54) is 0 Å². The minimum atomic E-state index is -2.89. The molecular weight excluding hydrogens is 210 g/mol. The van der Waals surface area contributed by atoms with Gasteiger partial charge in [-0.3, -0.25) is 9.59 Å². The quantitative estimate of drug-likeness (QED) is 0.571. The molecule has 0 radical (unpaired) electrons. The summed E-state index contributed by atoms with van der Waals surface area (Å²) in [7, 11) is 0. The third-order valence-electron chi connectivity index (χ3n) is 2.09. The molecule has 0 aromatic heterocycles. The van der Waals surface area contributed by atoms with E-state index in [0.717, 1.165) is 0 Å². The molecule has 0 aliphatic carbocycles. The van der Waals surface area contributed by atoms with E-state index in [1.807, 2.05) is 0 Å². The van der Waals surface area contributed by atoms with E-state index in [1.54, 1.807) is 0 Å². The number of nitrogens with one attached hydrogen (secondary N) is 2. The smallest absolute Gasteiger partial charge is 0.265 e. The van der Waals surface area contributed by atoms with Crippen LogP contribution in [0.5, 0.6) is 0 Å². The van der Waals surface area contributed by atoms with Gasteiger partial charge in [-0.2, -0.15) is 0 Å². The summed E-state index contributed by atoms with van der Waals surface area (Å²) in [6.45, 7) is -0.511. The average molecular weight is 222 g/mol. The molecule has 86 valence electrons. The van der Waals surface area contributed by atoms with Gasteiger partial charge in [0.15, 0.2) is 0 Å². The van der Waals surface area contributed by atoms with Gasteiger partial charge in [0.25, 0.3) is 6.43 Å². The fourth-order valence-corrected chi connectivity index (χ4v) is 1.23. The molecule has 2 amide bonds. The second-order valence-electron chi connectivity index (χ2n) is 3.31. The standard InChI is InChI=1S/C8H12F2N2O3/c9-7(10)5(13)3-11-8(15)4-1-2-6(14)12-4/h4-5,7,13H,1-3H2,(H,11,15)(H,12,14). The minimum absolute atomic E-state index is 0.232. The van der Waals surface area contributed by atoms with Crippen molar-refractivity contribution >= 4 is 11.8 Å². The molecule has 0 bridgehead atoms. The SMILES string of the molecule is O=C1CCC(C(=O)NCC(O)C(F)F)N1. The monoisotopic (exact) mass is 222 g/mol. The van der Waals surface area contributed by atoms with Gasteiger partial charge in [-0.1, -0.05) is 0 Å². The summed E-state index contributed by atoms with van der Waals surface area (Å²) >= 11 is 0. The highest BCUT2D eigenvalue weighted by molar-refractivity contribution is 5.90. The maximum atomic E-state index is 11.8. The van der Waals surface area contributed by atoms with Gasteiger partial charge >= 0.3 is 0 Å². The number of hydrogen-bond acceptors (Lipinski definition) is 3. The van der Waals surface area contributed by atoms with Crippen LogP contribution in [0.2, 0.25) is 0 Å². The lowest BCUT2D eigenvalue weighted by atomic mass is 10.2. The molecule has 1 rings (SSSR count). The highest BCUT2D eigenvalue weighted by Crippen LogP contribution is 2.06. The van der Waals surface area contributed by atoms with E-state index < -0.39 is 31.0 Å². The molecule has 2 unspecified atom stereocenters. The van der Waals surface area contributed by atoms with E-state index >= 15 is 0 Å². The molecule has 5 nitrogen and oxygen atoms in total. The Morgan fingerprint density at radius 1 is 1.67 bits per heavy atom. The number of aliphatic hydroxyl groups is 1. The Kier molecular flexibility index (Phi) is 3.96. The summed E-state index contributed by atoms with van der Waals surface area (Å²) in [5.41, 5.74) is 0. The number of amides is 2. The molecule has 7 heteroatoms. The Labute approximate surface area is 84.8 Å². The fraction of sp³-hybridized carbons (Fsp3) is 0.750. The van der Waals surface area contributed by atoms with Crippen molar-refractivity contribution in [2.45, 2.75) is 31.4 Å². The van der Waals surface area contributed by atoms with Gasteiger partial charge in [0.05, 0.1) is 0 Å². The first-order valence-electron chi connectivity index (χ1n) is 4.54.